The minimum atomic E-state index is -3.69. The van der Waals surface area contributed by atoms with Gasteiger partial charge in [-0.15, -0.1) is 0 Å². The van der Waals surface area contributed by atoms with Gasteiger partial charge >= 0.3 is 0 Å². The molecule has 0 fully saturated rings. The van der Waals surface area contributed by atoms with Gasteiger partial charge in [0.1, 0.15) is 5.75 Å². The fraction of sp³-hybridized carbons (Fsp3) is 0.333. The monoisotopic (exact) mass is 492 g/mol. The van der Waals surface area contributed by atoms with Crippen LogP contribution in [0.2, 0.25) is 0 Å². The van der Waals surface area contributed by atoms with Crippen LogP contribution in [0.3, 0.4) is 0 Å². The molecule has 3 rings (SSSR count). The van der Waals surface area contributed by atoms with E-state index in [2.05, 4.69) is 10.3 Å². The molecule has 1 heterocycles. The maximum atomic E-state index is 13.1. The number of carbonyl (C=O) groups excluding carboxylic acids is 1. The maximum absolute atomic E-state index is 13.1. The highest BCUT2D eigenvalue weighted by Crippen LogP contribution is 2.30. The highest BCUT2D eigenvalue weighted by Gasteiger charge is 2.29. The summed E-state index contributed by atoms with van der Waals surface area (Å²) in [6.07, 6.45) is 0. The first-order valence-electron chi connectivity index (χ1n) is 10.1. The van der Waals surface area contributed by atoms with Gasteiger partial charge in [0, 0.05) is 24.2 Å². The average molecular weight is 493 g/mol. The van der Waals surface area contributed by atoms with Crippen molar-refractivity contribution in [2.45, 2.75) is 44.7 Å². The molecule has 12 heteroatoms. The van der Waals surface area contributed by atoms with E-state index in [1.54, 1.807) is 12.1 Å². The number of thiazole rings is 1. The second-order valence-electron chi connectivity index (χ2n) is 7.76. The Hall–Kier alpha value is -3.09. The zero-order valence-electron chi connectivity index (χ0n) is 18.5. The largest absolute Gasteiger partial charge is 0.484 e. The average Bonchev–Trinajstić information content (AvgIpc) is 3.13. The van der Waals surface area contributed by atoms with Crippen molar-refractivity contribution in [3.63, 3.8) is 0 Å². The number of sulfonamides is 1. The predicted molar refractivity (Wildman–Crippen MR) is 126 cm³/mol. The Labute approximate surface area is 195 Å². The van der Waals surface area contributed by atoms with Crippen LogP contribution in [0.5, 0.6) is 5.75 Å². The van der Waals surface area contributed by atoms with Crippen LogP contribution in [0.1, 0.15) is 27.7 Å². The lowest BCUT2D eigenvalue weighted by Crippen LogP contribution is -2.41. The van der Waals surface area contributed by atoms with E-state index in [1.165, 1.54) is 34.6 Å². The van der Waals surface area contributed by atoms with Crippen LogP contribution in [0.15, 0.2) is 47.4 Å². The first-order valence-corrected chi connectivity index (χ1v) is 12.4. The summed E-state index contributed by atoms with van der Waals surface area (Å²) in [5, 5.41) is 13.6. The van der Waals surface area contributed by atoms with Gasteiger partial charge in [0.2, 0.25) is 10.0 Å². The number of hydrogen-bond acceptors (Lipinski definition) is 8. The number of nitro groups is 1. The topological polar surface area (TPSA) is 132 Å². The Bertz CT molecular complexity index is 1260. The normalized spacial score (nSPS) is 12.0. The Balaban J connectivity index is 1.71. The second-order valence-corrected chi connectivity index (χ2v) is 10.6. The van der Waals surface area contributed by atoms with Crippen molar-refractivity contribution in [1.29, 1.82) is 0 Å². The van der Waals surface area contributed by atoms with E-state index in [0.717, 1.165) is 11.3 Å². The van der Waals surface area contributed by atoms with Gasteiger partial charge in [0.15, 0.2) is 11.7 Å². The van der Waals surface area contributed by atoms with Crippen LogP contribution in [0.25, 0.3) is 10.2 Å². The summed E-state index contributed by atoms with van der Waals surface area (Å²) < 4.78 is 33.6. The zero-order valence-corrected chi connectivity index (χ0v) is 20.1. The number of amides is 1. The molecule has 3 aromatic rings. The third-order valence-corrected chi connectivity index (χ3v) is 7.80. The molecule has 2 aromatic carbocycles. The zero-order chi connectivity index (χ0) is 24.3. The summed E-state index contributed by atoms with van der Waals surface area (Å²) in [6.45, 7) is 7.00. The molecule has 0 atom stereocenters. The Kier molecular flexibility index (Phi) is 7.30. The van der Waals surface area contributed by atoms with Gasteiger partial charge in [-0.1, -0.05) is 11.3 Å². The van der Waals surface area contributed by atoms with Crippen molar-refractivity contribution < 1.29 is 22.9 Å². The van der Waals surface area contributed by atoms with Crippen molar-refractivity contribution >= 4 is 48.3 Å². The number of nitrogens with zero attached hydrogens (tertiary/aromatic N) is 3. The van der Waals surface area contributed by atoms with Gasteiger partial charge in [-0.3, -0.25) is 20.2 Å². The molecule has 1 N–H and O–H groups in total. The Morgan fingerprint density at radius 3 is 2.36 bits per heavy atom. The van der Waals surface area contributed by atoms with Crippen molar-refractivity contribution in [2.24, 2.45) is 0 Å². The number of nitrogens with one attached hydrogen (secondary N) is 1. The quantitative estimate of drug-likeness (QED) is 0.352. The van der Waals surface area contributed by atoms with Gasteiger partial charge < -0.3 is 4.74 Å². The number of rotatable bonds is 9. The van der Waals surface area contributed by atoms with Gasteiger partial charge in [0.25, 0.3) is 11.6 Å². The van der Waals surface area contributed by atoms with E-state index in [4.69, 9.17) is 4.74 Å². The van der Waals surface area contributed by atoms with Crippen LogP contribution >= 0.6 is 11.3 Å². The van der Waals surface area contributed by atoms with E-state index in [1.807, 2.05) is 27.7 Å². The van der Waals surface area contributed by atoms with Crippen LogP contribution in [0.4, 0.5) is 10.8 Å². The highest BCUT2D eigenvalue weighted by atomic mass is 32.2. The lowest BCUT2D eigenvalue weighted by Gasteiger charge is -2.29. The molecule has 0 radical (unpaired) electrons. The number of aromatic nitrogens is 1. The van der Waals surface area contributed by atoms with Crippen molar-refractivity contribution in [3.8, 4) is 5.75 Å². The van der Waals surface area contributed by atoms with Gasteiger partial charge in [0.05, 0.1) is 20.0 Å². The van der Waals surface area contributed by atoms with Crippen molar-refractivity contribution in [3.05, 3.63) is 52.6 Å². The summed E-state index contributed by atoms with van der Waals surface area (Å²) in [6, 6.07) is 9.67. The van der Waals surface area contributed by atoms with E-state index >= 15 is 0 Å². The first kappa shape index (κ1) is 24.6. The second kappa shape index (κ2) is 9.81. The number of carbonyl (C=O) groups is 1. The molecule has 0 aliphatic carbocycles. The minimum absolute atomic E-state index is 0.0763. The summed E-state index contributed by atoms with van der Waals surface area (Å²) in [7, 11) is -3.69. The van der Waals surface area contributed by atoms with Crippen molar-refractivity contribution in [2.75, 3.05) is 11.9 Å². The number of ether oxygens (including phenoxy) is 1. The summed E-state index contributed by atoms with van der Waals surface area (Å²) in [5.41, 5.74) is 0.485. The fourth-order valence-electron chi connectivity index (χ4n) is 3.36. The molecule has 1 amide bonds. The molecular weight excluding hydrogens is 468 g/mol. The Morgan fingerprint density at radius 1 is 1.15 bits per heavy atom. The SMILES string of the molecule is CC(C)N(C(C)C)S(=O)(=O)c1ccc2nc(NC(=O)COc3ccc([N+](=O)[O-])cc3)sc2c1. The van der Waals surface area contributed by atoms with Crippen LogP contribution in [0, 0.1) is 10.1 Å². The molecule has 1 aromatic heterocycles. The molecule has 0 saturated carbocycles. The van der Waals surface area contributed by atoms with Crippen LogP contribution in [-0.2, 0) is 14.8 Å². The number of non-ortho nitro benzene ring substituents is 1. The fourth-order valence-corrected chi connectivity index (χ4v) is 6.22. The number of fused-ring (bicyclic) bond motifs is 1. The molecule has 0 bridgehead atoms. The van der Waals surface area contributed by atoms with Gasteiger partial charge in [-0.25, -0.2) is 13.4 Å². The summed E-state index contributed by atoms with van der Waals surface area (Å²) in [4.78, 5) is 26.9. The van der Waals surface area contributed by atoms with Crippen molar-refractivity contribution in [1.82, 2.24) is 9.29 Å². The molecule has 0 spiro atoms. The number of anilines is 1. The summed E-state index contributed by atoms with van der Waals surface area (Å²) >= 11 is 1.15. The van der Waals surface area contributed by atoms with E-state index in [9.17, 15) is 23.3 Å². The maximum Gasteiger partial charge on any atom is 0.269 e. The third kappa shape index (κ3) is 5.64. The van der Waals surface area contributed by atoms with E-state index < -0.39 is 20.9 Å². The highest BCUT2D eigenvalue weighted by molar-refractivity contribution is 7.89. The molecule has 10 nitrogen and oxygen atoms in total. The lowest BCUT2D eigenvalue weighted by molar-refractivity contribution is -0.384. The van der Waals surface area contributed by atoms with Crippen LogP contribution in [-0.4, -0.2) is 47.2 Å². The molecule has 0 aliphatic rings. The molecular formula is C21H24N4O6S2. The number of nitro benzene ring substituents is 1. The minimum Gasteiger partial charge on any atom is -0.484 e. The molecule has 33 heavy (non-hydrogen) atoms. The smallest absolute Gasteiger partial charge is 0.269 e. The third-order valence-electron chi connectivity index (χ3n) is 4.62. The number of hydrogen-bond donors (Lipinski definition) is 1. The molecule has 0 aliphatic heterocycles. The van der Waals surface area contributed by atoms with Crippen LogP contribution < -0.4 is 10.1 Å². The van der Waals surface area contributed by atoms with Gasteiger partial charge in [-0.05, 0) is 58.0 Å². The van der Waals surface area contributed by atoms with Gasteiger partial charge in [-0.2, -0.15) is 4.31 Å². The Morgan fingerprint density at radius 2 is 1.79 bits per heavy atom. The number of benzene rings is 2. The lowest BCUT2D eigenvalue weighted by atomic mass is 10.3. The first-order chi connectivity index (χ1) is 15.5. The van der Waals surface area contributed by atoms with E-state index in [0.29, 0.717) is 21.1 Å². The van der Waals surface area contributed by atoms with E-state index in [-0.39, 0.29) is 29.3 Å². The molecule has 176 valence electrons. The summed E-state index contributed by atoms with van der Waals surface area (Å²) in [5.74, 6) is -0.152. The predicted octanol–water partition coefficient (Wildman–Crippen LogP) is 4.03. The molecule has 0 saturated heterocycles. The standard InChI is InChI=1S/C21H24N4O6S2/c1-13(2)24(14(3)4)33(29,30)17-9-10-18-19(11-17)32-21(22-18)23-20(26)12-31-16-7-5-15(6-8-16)25(27)28/h5-11,13-14H,12H2,1-4H3,(H,22,23,26). The molecule has 0 unspecified atom stereocenters.